The van der Waals surface area contributed by atoms with E-state index < -0.39 is 0 Å². The normalized spacial score (nSPS) is 10.4. The lowest BCUT2D eigenvalue weighted by atomic mass is 10.1. The Morgan fingerprint density at radius 3 is 2.48 bits per heavy atom. The molecule has 0 atom stereocenters. The Morgan fingerprint density at radius 1 is 0.963 bits per heavy atom. The van der Waals surface area contributed by atoms with Crippen molar-refractivity contribution in [1.29, 1.82) is 0 Å². The number of benzene rings is 2. The lowest BCUT2D eigenvalue weighted by molar-refractivity contribution is -0.121. The van der Waals surface area contributed by atoms with Crippen LogP contribution < -0.4 is 10.9 Å². The van der Waals surface area contributed by atoms with Crippen molar-refractivity contribution in [2.24, 2.45) is 0 Å². The van der Waals surface area contributed by atoms with Gasteiger partial charge in [0.25, 0.3) is 5.91 Å². The van der Waals surface area contributed by atoms with Gasteiger partial charge in [0, 0.05) is 20.5 Å². The molecule has 3 aromatic rings. The molecule has 3 rings (SSSR count). The Kier molecular flexibility index (Phi) is 6.92. The summed E-state index contributed by atoms with van der Waals surface area (Å²) in [7, 11) is 0. The predicted molar refractivity (Wildman–Crippen MR) is 111 cm³/mol. The number of halogens is 1. The number of thiophene rings is 1. The van der Waals surface area contributed by atoms with Crippen LogP contribution in [-0.2, 0) is 17.0 Å². The topological polar surface area (TPSA) is 58.2 Å². The molecule has 0 unspecified atom stereocenters. The number of carbonyl (C=O) groups is 2. The molecular weight excluding hydrogens is 400 g/mol. The molecule has 0 spiro atoms. The first-order valence-corrected chi connectivity index (χ1v) is 10.4. The number of nitrogens with one attached hydrogen (secondary N) is 2. The van der Waals surface area contributed by atoms with Crippen molar-refractivity contribution in [1.82, 2.24) is 10.9 Å². The van der Waals surface area contributed by atoms with E-state index in [0.717, 1.165) is 16.2 Å². The van der Waals surface area contributed by atoms with Crippen LogP contribution in [0.4, 0.5) is 0 Å². The molecule has 4 nitrogen and oxygen atoms in total. The summed E-state index contributed by atoms with van der Waals surface area (Å²) in [6.45, 7) is 0. The van der Waals surface area contributed by atoms with E-state index in [4.69, 9.17) is 11.6 Å². The van der Waals surface area contributed by atoms with Crippen molar-refractivity contribution >= 4 is 46.5 Å². The Balaban J connectivity index is 1.55. The minimum Gasteiger partial charge on any atom is -0.273 e. The molecule has 27 heavy (non-hydrogen) atoms. The van der Waals surface area contributed by atoms with Gasteiger partial charge in [0.05, 0.1) is 12.0 Å². The minimum absolute atomic E-state index is 0.159. The van der Waals surface area contributed by atoms with Crippen LogP contribution in [0.3, 0.4) is 0 Å². The Bertz CT molecular complexity index is 912. The van der Waals surface area contributed by atoms with E-state index in [1.54, 1.807) is 59.5 Å². The van der Waals surface area contributed by atoms with Crippen molar-refractivity contribution in [2.75, 3.05) is 0 Å². The van der Waals surface area contributed by atoms with E-state index in [0.29, 0.717) is 10.6 Å². The summed E-state index contributed by atoms with van der Waals surface area (Å²) in [4.78, 5) is 26.6. The summed E-state index contributed by atoms with van der Waals surface area (Å²) < 4.78 is 0. The molecule has 1 aromatic heterocycles. The SMILES string of the molecule is O=C(Cc1ccc(Cl)cc1)NNC(=O)c1ccccc1SCc1cccs1. The van der Waals surface area contributed by atoms with Gasteiger partial charge in [0.15, 0.2) is 0 Å². The van der Waals surface area contributed by atoms with Gasteiger partial charge < -0.3 is 0 Å². The second kappa shape index (κ2) is 9.60. The van der Waals surface area contributed by atoms with Gasteiger partial charge >= 0.3 is 0 Å². The van der Waals surface area contributed by atoms with Crippen LogP contribution in [0.15, 0.2) is 70.9 Å². The summed E-state index contributed by atoms with van der Waals surface area (Å²) in [6.07, 6.45) is 0.159. The molecule has 2 aromatic carbocycles. The van der Waals surface area contributed by atoms with Gasteiger partial charge in [0.1, 0.15) is 0 Å². The van der Waals surface area contributed by atoms with Crippen LogP contribution >= 0.6 is 34.7 Å². The van der Waals surface area contributed by atoms with E-state index >= 15 is 0 Å². The molecule has 0 saturated heterocycles. The van der Waals surface area contributed by atoms with Crippen LogP contribution in [0.5, 0.6) is 0 Å². The molecule has 0 bridgehead atoms. The molecule has 7 heteroatoms. The Hall–Kier alpha value is -2.28. The largest absolute Gasteiger partial charge is 0.273 e. The summed E-state index contributed by atoms with van der Waals surface area (Å²) in [5, 5.41) is 2.65. The minimum atomic E-state index is -0.339. The third-order valence-electron chi connectivity index (χ3n) is 3.68. The fourth-order valence-corrected chi connectivity index (χ4v) is 4.30. The Morgan fingerprint density at radius 2 is 1.74 bits per heavy atom. The van der Waals surface area contributed by atoms with Gasteiger partial charge in [-0.05, 0) is 41.3 Å². The van der Waals surface area contributed by atoms with Crippen LogP contribution in [0.25, 0.3) is 0 Å². The van der Waals surface area contributed by atoms with E-state index in [-0.39, 0.29) is 18.2 Å². The van der Waals surface area contributed by atoms with E-state index in [2.05, 4.69) is 16.9 Å². The first kappa shape index (κ1) is 19.5. The van der Waals surface area contributed by atoms with E-state index in [1.165, 1.54) is 4.88 Å². The average Bonchev–Trinajstić information content (AvgIpc) is 3.20. The second-order valence-corrected chi connectivity index (χ2v) is 8.16. The molecule has 2 N–H and O–H groups in total. The molecular formula is C20H17ClN2O2S2. The smallest absolute Gasteiger partial charge is 0.270 e. The molecule has 0 radical (unpaired) electrons. The lowest BCUT2D eigenvalue weighted by Gasteiger charge is -2.11. The zero-order valence-electron chi connectivity index (χ0n) is 14.3. The van der Waals surface area contributed by atoms with Crippen molar-refractivity contribution in [3.05, 3.63) is 87.1 Å². The Labute approximate surface area is 170 Å². The third-order valence-corrected chi connectivity index (χ3v) is 6.11. The highest BCUT2D eigenvalue weighted by molar-refractivity contribution is 7.98. The zero-order valence-corrected chi connectivity index (χ0v) is 16.7. The zero-order chi connectivity index (χ0) is 19.1. The van der Waals surface area contributed by atoms with Gasteiger partial charge in [-0.25, -0.2) is 0 Å². The van der Waals surface area contributed by atoms with E-state index in [1.807, 2.05) is 23.6 Å². The highest BCUT2D eigenvalue weighted by Crippen LogP contribution is 2.27. The molecule has 0 aliphatic heterocycles. The quantitative estimate of drug-likeness (QED) is 0.452. The standard InChI is InChI=1S/C20H17ClN2O2S2/c21-15-9-7-14(8-10-15)12-19(24)22-23-20(25)17-5-1-2-6-18(17)27-13-16-4-3-11-26-16/h1-11H,12-13H2,(H,22,24)(H,23,25). The molecule has 0 aliphatic carbocycles. The maximum atomic E-state index is 12.5. The summed E-state index contributed by atoms with van der Waals surface area (Å²) in [5.41, 5.74) is 6.30. The maximum Gasteiger partial charge on any atom is 0.270 e. The van der Waals surface area contributed by atoms with Crippen LogP contribution in [0.1, 0.15) is 20.8 Å². The van der Waals surface area contributed by atoms with E-state index in [9.17, 15) is 9.59 Å². The molecule has 0 aliphatic rings. The summed E-state index contributed by atoms with van der Waals surface area (Å²) in [6, 6.07) is 18.4. The molecule has 1 heterocycles. The number of hydrogen-bond donors (Lipinski definition) is 2. The average molecular weight is 417 g/mol. The van der Waals surface area contributed by atoms with Gasteiger partial charge in [-0.15, -0.1) is 23.1 Å². The number of thioether (sulfide) groups is 1. The number of carbonyl (C=O) groups excluding carboxylic acids is 2. The summed E-state index contributed by atoms with van der Waals surface area (Å²) in [5.74, 6) is 0.161. The van der Waals surface area contributed by atoms with Crippen molar-refractivity contribution < 1.29 is 9.59 Å². The van der Waals surface area contributed by atoms with Crippen molar-refractivity contribution in [3.63, 3.8) is 0 Å². The fourth-order valence-electron chi connectivity index (χ4n) is 2.35. The molecule has 138 valence electrons. The van der Waals surface area contributed by atoms with Gasteiger partial charge in [-0.2, -0.15) is 0 Å². The molecule has 0 saturated carbocycles. The number of hydrazine groups is 1. The van der Waals surface area contributed by atoms with Crippen molar-refractivity contribution in [2.45, 2.75) is 17.1 Å². The number of amides is 2. The first-order valence-electron chi connectivity index (χ1n) is 8.19. The highest BCUT2D eigenvalue weighted by atomic mass is 35.5. The highest BCUT2D eigenvalue weighted by Gasteiger charge is 2.13. The van der Waals surface area contributed by atoms with Crippen molar-refractivity contribution in [3.8, 4) is 0 Å². The number of rotatable bonds is 6. The lowest BCUT2D eigenvalue weighted by Crippen LogP contribution is -2.42. The maximum absolute atomic E-state index is 12.5. The molecule has 0 fully saturated rings. The van der Waals surface area contributed by atoms with Gasteiger partial charge in [-0.1, -0.05) is 41.9 Å². The van der Waals surface area contributed by atoms with Crippen LogP contribution in [-0.4, -0.2) is 11.8 Å². The monoisotopic (exact) mass is 416 g/mol. The summed E-state index contributed by atoms with van der Waals surface area (Å²) >= 11 is 9.11. The fraction of sp³-hybridized carbons (Fsp3) is 0.100. The third kappa shape index (κ3) is 5.85. The van der Waals surface area contributed by atoms with Gasteiger partial charge in [0.2, 0.25) is 5.91 Å². The predicted octanol–water partition coefficient (Wildman–Crippen LogP) is 4.70. The first-order chi connectivity index (χ1) is 13.1. The molecule has 2 amide bonds. The van der Waals surface area contributed by atoms with Crippen LogP contribution in [0, 0.1) is 0 Å². The number of hydrogen-bond acceptors (Lipinski definition) is 4. The van der Waals surface area contributed by atoms with Crippen LogP contribution in [0.2, 0.25) is 5.02 Å². The second-order valence-electron chi connectivity index (χ2n) is 5.67. The van der Waals surface area contributed by atoms with Gasteiger partial charge in [-0.3, -0.25) is 20.4 Å².